The minimum atomic E-state index is 0.688. The third-order valence-electron chi connectivity index (χ3n) is 4.64. The lowest BCUT2D eigenvalue weighted by Crippen LogP contribution is -2.38. The van der Waals surface area contributed by atoms with E-state index in [1.165, 1.54) is 61.2 Å². The molecule has 2 heteroatoms. The van der Waals surface area contributed by atoms with E-state index in [4.69, 9.17) is 0 Å². The molecule has 1 aliphatic carbocycles. The zero-order chi connectivity index (χ0) is 14.9. The van der Waals surface area contributed by atoms with Crippen LogP contribution in [0.25, 0.3) is 0 Å². The Balaban J connectivity index is 1.93. The molecular formula is C19H31NS. The van der Waals surface area contributed by atoms with Gasteiger partial charge in [0.05, 0.1) is 0 Å². The summed E-state index contributed by atoms with van der Waals surface area (Å²) in [7, 11) is 0. The first-order valence-corrected chi connectivity index (χ1v) is 9.71. The maximum absolute atomic E-state index is 3.84. The molecule has 0 aliphatic heterocycles. The summed E-state index contributed by atoms with van der Waals surface area (Å²) in [5, 5.41) is 3.84. The monoisotopic (exact) mass is 305 g/mol. The Morgan fingerprint density at radius 2 is 1.86 bits per heavy atom. The van der Waals surface area contributed by atoms with E-state index in [1.54, 1.807) is 0 Å². The molecule has 118 valence electrons. The Labute approximate surface area is 135 Å². The van der Waals surface area contributed by atoms with Crippen LogP contribution < -0.4 is 5.32 Å². The van der Waals surface area contributed by atoms with E-state index in [0.29, 0.717) is 6.04 Å². The van der Waals surface area contributed by atoms with Gasteiger partial charge in [-0.2, -0.15) is 0 Å². The molecule has 0 radical (unpaired) electrons. The fraction of sp³-hybridized carbons (Fsp3) is 0.684. The van der Waals surface area contributed by atoms with Gasteiger partial charge in [-0.05, 0) is 50.3 Å². The first-order chi connectivity index (χ1) is 10.3. The molecule has 1 N–H and O–H groups in total. The van der Waals surface area contributed by atoms with Crippen LogP contribution in [0.1, 0.15) is 57.4 Å². The van der Waals surface area contributed by atoms with Crippen LogP contribution in [0.5, 0.6) is 0 Å². The molecule has 1 aliphatic rings. The van der Waals surface area contributed by atoms with Crippen molar-refractivity contribution in [2.75, 3.05) is 12.3 Å². The van der Waals surface area contributed by atoms with Crippen molar-refractivity contribution >= 4 is 11.8 Å². The molecule has 21 heavy (non-hydrogen) atoms. The Morgan fingerprint density at radius 1 is 1.14 bits per heavy atom. The molecule has 0 saturated heterocycles. The molecule has 1 aromatic carbocycles. The maximum Gasteiger partial charge on any atom is 0.0189 e. The standard InChI is InChI=1S/C19H31NS/c1-3-14-20-18(17-11-6-4-5-7-12-17)15-21-19-13-9-8-10-16(19)2/h8-10,13,17-18,20H,3-7,11-12,14-15H2,1-2H3. The van der Waals surface area contributed by atoms with E-state index in [0.717, 1.165) is 12.5 Å². The van der Waals surface area contributed by atoms with Crippen LogP contribution in [-0.2, 0) is 0 Å². The highest BCUT2D eigenvalue weighted by Crippen LogP contribution is 2.30. The molecule has 2 rings (SSSR count). The minimum Gasteiger partial charge on any atom is -0.313 e. The van der Waals surface area contributed by atoms with Gasteiger partial charge < -0.3 is 5.32 Å². The second-order valence-corrected chi connectivity index (χ2v) is 7.45. The van der Waals surface area contributed by atoms with Crippen LogP contribution in [0.15, 0.2) is 29.2 Å². The van der Waals surface area contributed by atoms with Gasteiger partial charge in [0.25, 0.3) is 0 Å². The molecule has 0 amide bonds. The van der Waals surface area contributed by atoms with E-state index < -0.39 is 0 Å². The van der Waals surface area contributed by atoms with Crippen LogP contribution in [-0.4, -0.2) is 18.3 Å². The van der Waals surface area contributed by atoms with Gasteiger partial charge in [0, 0.05) is 16.7 Å². The first-order valence-electron chi connectivity index (χ1n) is 8.73. The summed E-state index contributed by atoms with van der Waals surface area (Å²) >= 11 is 2.04. The molecule has 1 unspecified atom stereocenters. The molecule has 0 aromatic heterocycles. The van der Waals surface area contributed by atoms with Gasteiger partial charge in [0.15, 0.2) is 0 Å². The Morgan fingerprint density at radius 3 is 2.52 bits per heavy atom. The molecule has 0 bridgehead atoms. The van der Waals surface area contributed by atoms with Crippen LogP contribution in [0.4, 0.5) is 0 Å². The molecule has 1 saturated carbocycles. The van der Waals surface area contributed by atoms with Gasteiger partial charge in [-0.25, -0.2) is 0 Å². The average Bonchev–Trinajstić information content (AvgIpc) is 2.78. The number of benzene rings is 1. The SMILES string of the molecule is CCCNC(CSc1ccccc1C)C1CCCCCC1. The normalized spacial score (nSPS) is 18.4. The van der Waals surface area contributed by atoms with Crippen molar-refractivity contribution in [3.05, 3.63) is 29.8 Å². The minimum absolute atomic E-state index is 0.688. The van der Waals surface area contributed by atoms with Crippen molar-refractivity contribution in [2.45, 2.75) is 69.7 Å². The second kappa shape index (κ2) is 9.53. The van der Waals surface area contributed by atoms with Crippen molar-refractivity contribution < 1.29 is 0 Å². The summed E-state index contributed by atoms with van der Waals surface area (Å²) in [6, 6.07) is 9.48. The highest BCUT2D eigenvalue weighted by Gasteiger charge is 2.22. The van der Waals surface area contributed by atoms with Crippen molar-refractivity contribution in [3.63, 3.8) is 0 Å². The predicted molar refractivity (Wildman–Crippen MR) is 95.2 cm³/mol. The number of rotatable bonds is 7. The van der Waals surface area contributed by atoms with Gasteiger partial charge >= 0.3 is 0 Å². The lowest BCUT2D eigenvalue weighted by molar-refractivity contribution is 0.343. The lowest BCUT2D eigenvalue weighted by Gasteiger charge is -2.27. The largest absolute Gasteiger partial charge is 0.313 e. The maximum atomic E-state index is 3.84. The average molecular weight is 306 g/mol. The van der Waals surface area contributed by atoms with Crippen LogP contribution in [0.3, 0.4) is 0 Å². The zero-order valence-corrected chi connectivity index (χ0v) is 14.6. The Bertz CT molecular complexity index is 396. The summed E-state index contributed by atoms with van der Waals surface area (Å²) in [4.78, 5) is 1.45. The summed E-state index contributed by atoms with van der Waals surface area (Å²) in [5.41, 5.74) is 1.41. The van der Waals surface area contributed by atoms with Gasteiger partial charge in [-0.3, -0.25) is 0 Å². The van der Waals surface area contributed by atoms with Crippen molar-refractivity contribution in [1.29, 1.82) is 0 Å². The molecular weight excluding hydrogens is 274 g/mol. The quantitative estimate of drug-likeness (QED) is 0.533. The van der Waals surface area contributed by atoms with Crippen molar-refractivity contribution in [2.24, 2.45) is 5.92 Å². The van der Waals surface area contributed by atoms with E-state index in [1.807, 2.05) is 11.8 Å². The third kappa shape index (κ3) is 5.67. The molecule has 0 spiro atoms. The zero-order valence-electron chi connectivity index (χ0n) is 13.7. The van der Waals surface area contributed by atoms with Crippen LogP contribution in [0, 0.1) is 12.8 Å². The summed E-state index contributed by atoms with van der Waals surface area (Å²) in [6.45, 7) is 5.66. The number of thioether (sulfide) groups is 1. The predicted octanol–water partition coefficient (Wildman–Crippen LogP) is 5.43. The second-order valence-electron chi connectivity index (χ2n) is 6.39. The van der Waals surface area contributed by atoms with E-state index in [9.17, 15) is 0 Å². The Kier molecular flexibility index (Phi) is 7.66. The number of nitrogens with one attached hydrogen (secondary N) is 1. The number of hydrogen-bond donors (Lipinski definition) is 1. The van der Waals surface area contributed by atoms with Crippen molar-refractivity contribution in [1.82, 2.24) is 5.32 Å². The molecule has 1 fully saturated rings. The van der Waals surface area contributed by atoms with Crippen molar-refractivity contribution in [3.8, 4) is 0 Å². The molecule has 1 aromatic rings. The highest BCUT2D eigenvalue weighted by atomic mass is 32.2. The number of hydrogen-bond acceptors (Lipinski definition) is 2. The highest BCUT2D eigenvalue weighted by molar-refractivity contribution is 7.99. The summed E-state index contributed by atoms with van der Waals surface area (Å²) in [6.07, 6.45) is 9.85. The fourth-order valence-electron chi connectivity index (χ4n) is 3.30. The van der Waals surface area contributed by atoms with Gasteiger partial charge in [0.1, 0.15) is 0 Å². The topological polar surface area (TPSA) is 12.0 Å². The first kappa shape index (κ1) is 16.9. The smallest absolute Gasteiger partial charge is 0.0189 e. The van der Waals surface area contributed by atoms with Gasteiger partial charge in [-0.15, -0.1) is 11.8 Å². The molecule has 1 nitrogen and oxygen atoms in total. The van der Waals surface area contributed by atoms with E-state index >= 15 is 0 Å². The Hall–Kier alpha value is -0.470. The van der Waals surface area contributed by atoms with Gasteiger partial charge in [0.2, 0.25) is 0 Å². The fourth-order valence-corrected chi connectivity index (χ4v) is 4.52. The van der Waals surface area contributed by atoms with Gasteiger partial charge in [-0.1, -0.05) is 50.8 Å². The third-order valence-corrected chi connectivity index (χ3v) is 5.93. The summed E-state index contributed by atoms with van der Waals surface area (Å²) in [5.74, 6) is 2.10. The van der Waals surface area contributed by atoms with Crippen LogP contribution in [0.2, 0.25) is 0 Å². The summed E-state index contributed by atoms with van der Waals surface area (Å²) < 4.78 is 0. The van der Waals surface area contributed by atoms with E-state index in [2.05, 4.69) is 43.4 Å². The number of aryl methyl sites for hydroxylation is 1. The molecule has 0 heterocycles. The lowest BCUT2D eigenvalue weighted by atomic mass is 9.93. The van der Waals surface area contributed by atoms with E-state index in [-0.39, 0.29) is 0 Å². The van der Waals surface area contributed by atoms with Crippen LogP contribution >= 0.6 is 11.8 Å². The molecule has 1 atom stereocenters.